The highest BCUT2D eigenvalue weighted by Crippen LogP contribution is 2.24. The Kier molecular flexibility index (Phi) is 3.70. The predicted octanol–water partition coefficient (Wildman–Crippen LogP) is 2.25. The quantitative estimate of drug-likeness (QED) is 0.537. The summed E-state index contributed by atoms with van der Waals surface area (Å²) in [5.74, 6) is -10.1. The Morgan fingerprint density at radius 3 is 1.90 bits per heavy atom. The molecule has 0 saturated carbocycles. The summed E-state index contributed by atoms with van der Waals surface area (Å²) < 4.78 is 66.9. The molecule has 0 radical (unpaired) electrons. The molecule has 4 nitrogen and oxygen atoms in total. The van der Waals surface area contributed by atoms with Crippen LogP contribution in [-0.4, -0.2) is 20.1 Å². The van der Waals surface area contributed by atoms with Crippen molar-refractivity contribution in [1.82, 2.24) is 15.0 Å². The van der Waals surface area contributed by atoms with Gasteiger partial charge in [-0.3, -0.25) is 0 Å². The summed E-state index contributed by atoms with van der Waals surface area (Å²) in [6, 6.07) is 0. The second-order valence-corrected chi connectivity index (χ2v) is 4.91. The van der Waals surface area contributed by atoms with E-state index in [-0.39, 0.29) is 5.69 Å². The fourth-order valence-corrected chi connectivity index (χ4v) is 1.61. The third-order valence-corrected chi connectivity index (χ3v) is 2.79. The Labute approximate surface area is 115 Å². The highest BCUT2D eigenvalue weighted by Gasteiger charge is 2.26. The van der Waals surface area contributed by atoms with Gasteiger partial charge < -0.3 is 5.11 Å². The molecule has 1 aromatic carbocycles. The van der Waals surface area contributed by atoms with Crippen LogP contribution in [0.15, 0.2) is 6.20 Å². The van der Waals surface area contributed by atoms with E-state index >= 15 is 0 Å². The topological polar surface area (TPSA) is 50.9 Å². The largest absolute Gasteiger partial charge is 0.384 e. The minimum absolute atomic E-state index is 0.0892. The minimum atomic E-state index is -2.22. The van der Waals surface area contributed by atoms with Crippen molar-refractivity contribution >= 4 is 0 Å². The standard InChI is InChI=1S/C12H10F5N3O/c1-12(2,21)6-4-20(19-18-6)3-5-7(13)9(15)11(17)10(16)8(5)14/h4,21H,3H2,1-2H3. The summed E-state index contributed by atoms with van der Waals surface area (Å²) >= 11 is 0. The molecule has 9 heteroatoms. The van der Waals surface area contributed by atoms with Crippen LogP contribution < -0.4 is 0 Å². The molecule has 2 rings (SSSR count). The van der Waals surface area contributed by atoms with E-state index in [0.29, 0.717) is 0 Å². The molecule has 2 aromatic rings. The lowest BCUT2D eigenvalue weighted by atomic mass is 10.1. The van der Waals surface area contributed by atoms with E-state index in [0.717, 1.165) is 10.9 Å². The summed E-state index contributed by atoms with van der Waals surface area (Å²) in [7, 11) is 0. The van der Waals surface area contributed by atoms with Gasteiger partial charge in [-0.1, -0.05) is 5.21 Å². The van der Waals surface area contributed by atoms with Crippen molar-refractivity contribution in [3.63, 3.8) is 0 Å². The van der Waals surface area contributed by atoms with Gasteiger partial charge in [0.25, 0.3) is 0 Å². The van der Waals surface area contributed by atoms with Gasteiger partial charge in [-0.15, -0.1) is 5.10 Å². The first-order chi connectivity index (χ1) is 9.62. The van der Waals surface area contributed by atoms with Crippen LogP contribution >= 0.6 is 0 Å². The molecule has 1 aromatic heterocycles. The zero-order chi connectivity index (χ0) is 15.9. The Morgan fingerprint density at radius 1 is 1.00 bits per heavy atom. The van der Waals surface area contributed by atoms with Gasteiger partial charge >= 0.3 is 0 Å². The van der Waals surface area contributed by atoms with E-state index in [4.69, 9.17) is 0 Å². The first-order valence-corrected chi connectivity index (χ1v) is 5.76. The molecule has 0 fully saturated rings. The maximum atomic E-state index is 13.5. The number of rotatable bonds is 3. The lowest BCUT2D eigenvalue weighted by molar-refractivity contribution is 0.0737. The second kappa shape index (κ2) is 5.06. The predicted molar refractivity (Wildman–Crippen MR) is 60.6 cm³/mol. The summed E-state index contributed by atoms with van der Waals surface area (Å²) in [5.41, 5.74) is -2.29. The molecular weight excluding hydrogens is 297 g/mol. The van der Waals surface area contributed by atoms with Crippen LogP contribution in [0.1, 0.15) is 25.1 Å². The van der Waals surface area contributed by atoms with Crippen LogP contribution in [-0.2, 0) is 12.1 Å². The van der Waals surface area contributed by atoms with Gasteiger partial charge in [0, 0.05) is 0 Å². The molecule has 0 aliphatic rings. The van der Waals surface area contributed by atoms with Gasteiger partial charge in [-0.2, -0.15) is 0 Å². The highest BCUT2D eigenvalue weighted by molar-refractivity contribution is 5.24. The van der Waals surface area contributed by atoms with Gasteiger partial charge in [-0.25, -0.2) is 26.6 Å². The monoisotopic (exact) mass is 307 g/mol. The molecule has 0 spiro atoms. The number of aliphatic hydroxyl groups is 1. The number of nitrogens with zero attached hydrogens (tertiary/aromatic N) is 3. The Hall–Kier alpha value is -2.03. The summed E-state index contributed by atoms with van der Waals surface area (Å²) in [5, 5.41) is 16.7. The lowest BCUT2D eigenvalue weighted by Gasteiger charge is -2.12. The molecule has 0 saturated heterocycles. The highest BCUT2D eigenvalue weighted by atomic mass is 19.2. The Balaban J connectivity index is 2.43. The van der Waals surface area contributed by atoms with Crippen LogP contribution in [0.2, 0.25) is 0 Å². The normalized spacial score (nSPS) is 12.0. The Bertz CT molecular complexity index is 664. The number of benzene rings is 1. The van der Waals surface area contributed by atoms with Crippen molar-refractivity contribution in [3.05, 3.63) is 46.5 Å². The fraction of sp³-hybridized carbons (Fsp3) is 0.333. The minimum Gasteiger partial charge on any atom is -0.384 e. The molecule has 0 unspecified atom stereocenters. The van der Waals surface area contributed by atoms with Crippen molar-refractivity contribution < 1.29 is 27.1 Å². The van der Waals surface area contributed by atoms with Crippen molar-refractivity contribution in [1.29, 1.82) is 0 Å². The van der Waals surface area contributed by atoms with Crippen molar-refractivity contribution in [3.8, 4) is 0 Å². The van der Waals surface area contributed by atoms with E-state index in [1.165, 1.54) is 13.8 Å². The fourth-order valence-electron chi connectivity index (χ4n) is 1.61. The van der Waals surface area contributed by atoms with Gasteiger partial charge in [0.2, 0.25) is 5.82 Å². The van der Waals surface area contributed by atoms with Crippen molar-refractivity contribution in [2.45, 2.75) is 26.0 Å². The van der Waals surface area contributed by atoms with Crippen molar-refractivity contribution in [2.75, 3.05) is 0 Å². The number of hydrogen-bond acceptors (Lipinski definition) is 3. The van der Waals surface area contributed by atoms with Crippen LogP contribution in [0.3, 0.4) is 0 Å². The number of halogens is 5. The van der Waals surface area contributed by atoms with E-state index < -0.39 is 46.8 Å². The summed E-state index contributed by atoms with van der Waals surface area (Å²) in [6.07, 6.45) is 1.15. The second-order valence-electron chi connectivity index (χ2n) is 4.91. The Morgan fingerprint density at radius 2 is 1.48 bits per heavy atom. The zero-order valence-corrected chi connectivity index (χ0v) is 11.0. The average Bonchev–Trinajstić information content (AvgIpc) is 2.88. The molecule has 0 aliphatic heterocycles. The van der Waals surface area contributed by atoms with Crippen molar-refractivity contribution in [2.24, 2.45) is 0 Å². The van der Waals surface area contributed by atoms with Gasteiger partial charge in [0.1, 0.15) is 11.3 Å². The molecule has 1 N–H and O–H groups in total. The molecule has 114 valence electrons. The molecule has 0 atom stereocenters. The van der Waals surface area contributed by atoms with Gasteiger partial charge in [0.05, 0.1) is 18.3 Å². The molecule has 0 amide bonds. The number of hydrogen-bond donors (Lipinski definition) is 1. The first kappa shape index (κ1) is 15.4. The third-order valence-electron chi connectivity index (χ3n) is 2.79. The van der Waals surface area contributed by atoms with Gasteiger partial charge in [0.15, 0.2) is 23.3 Å². The van der Waals surface area contributed by atoms with Crippen LogP contribution in [0, 0.1) is 29.1 Å². The molecule has 0 bridgehead atoms. The van der Waals surface area contributed by atoms with Gasteiger partial charge in [-0.05, 0) is 13.8 Å². The zero-order valence-electron chi connectivity index (χ0n) is 11.0. The molecule has 0 aliphatic carbocycles. The number of aromatic nitrogens is 3. The van der Waals surface area contributed by atoms with E-state index in [2.05, 4.69) is 10.3 Å². The summed E-state index contributed by atoms with van der Waals surface area (Å²) in [6.45, 7) is 2.09. The maximum absolute atomic E-state index is 13.5. The van der Waals surface area contributed by atoms with E-state index in [1.807, 2.05) is 0 Å². The molecule has 21 heavy (non-hydrogen) atoms. The molecule has 1 heterocycles. The maximum Gasteiger partial charge on any atom is 0.200 e. The van der Waals surface area contributed by atoms with Crippen LogP contribution in [0.25, 0.3) is 0 Å². The lowest BCUT2D eigenvalue weighted by Crippen LogP contribution is -2.16. The van der Waals surface area contributed by atoms with Crippen LogP contribution in [0.4, 0.5) is 22.0 Å². The smallest absolute Gasteiger partial charge is 0.200 e. The SMILES string of the molecule is CC(C)(O)c1cn(Cc2c(F)c(F)c(F)c(F)c2F)nn1. The van der Waals surface area contributed by atoms with Crippen LogP contribution in [0.5, 0.6) is 0 Å². The molecular formula is C12H10F5N3O. The van der Waals surface area contributed by atoms with E-state index in [9.17, 15) is 27.1 Å². The average molecular weight is 307 g/mol. The first-order valence-electron chi connectivity index (χ1n) is 5.76. The summed E-state index contributed by atoms with van der Waals surface area (Å²) in [4.78, 5) is 0. The third kappa shape index (κ3) is 2.73. The van der Waals surface area contributed by atoms with E-state index in [1.54, 1.807) is 0 Å².